The second-order valence-corrected chi connectivity index (χ2v) is 9.04. The fourth-order valence-corrected chi connectivity index (χ4v) is 4.53. The number of benzene rings is 2. The molecule has 0 aromatic heterocycles. The Hall–Kier alpha value is -2.25. The van der Waals surface area contributed by atoms with Crippen LogP contribution >= 0.6 is 11.6 Å². The van der Waals surface area contributed by atoms with Crippen molar-refractivity contribution in [1.82, 2.24) is 0 Å². The first-order chi connectivity index (χ1) is 13.3. The molecule has 0 bridgehead atoms. The molecule has 28 heavy (non-hydrogen) atoms. The molecule has 3 rings (SSSR count). The predicted molar refractivity (Wildman–Crippen MR) is 109 cm³/mol. The molecule has 1 aliphatic rings. The van der Waals surface area contributed by atoms with E-state index < -0.39 is 15.9 Å². The number of halogens is 1. The van der Waals surface area contributed by atoms with Crippen LogP contribution in [0.1, 0.15) is 42.5 Å². The SMILES string of the molecule is NC(=O)c1ccc(Cl)c(NS(=O)(=O)c2ccc(OCC3CCCCC3)cc2)c1. The molecule has 1 fully saturated rings. The van der Waals surface area contributed by atoms with Crippen LogP contribution in [0.2, 0.25) is 5.02 Å². The Morgan fingerprint density at radius 3 is 2.43 bits per heavy atom. The highest BCUT2D eigenvalue weighted by Crippen LogP contribution is 2.27. The summed E-state index contributed by atoms with van der Waals surface area (Å²) in [6, 6.07) is 10.4. The van der Waals surface area contributed by atoms with Gasteiger partial charge in [0.1, 0.15) is 5.75 Å². The van der Waals surface area contributed by atoms with Crippen molar-refractivity contribution < 1.29 is 17.9 Å². The summed E-state index contributed by atoms with van der Waals surface area (Å²) in [4.78, 5) is 11.4. The third-order valence-corrected chi connectivity index (χ3v) is 6.55. The van der Waals surface area contributed by atoms with Crippen LogP contribution in [0.3, 0.4) is 0 Å². The number of hydrogen-bond acceptors (Lipinski definition) is 4. The molecule has 1 saturated carbocycles. The van der Waals surface area contributed by atoms with Crippen molar-refractivity contribution in [3.63, 3.8) is 0 Å². The average Bonchev–Trinajstić information content (AvgIpc) is 2.69. The predicted octanol–water partition coefficient (Wildman–Crippen LogP) is 4.20. The lowest BCUT2D eigenvalue weighted by Crippen LogP contribution is -2.16. The van der Waals surface area contributed by atoms with Gasteiger partial charge < -0.3 is 10.5 Å². The van der Waals surface area contributed by atoms with Gasteiger partial charge in [-0.15, -0.1) is 0 Å². The highest BCUT2D eigenvalue weighted by atomic mass is 35.5. The first-order valence-electron chi connectivity index (χ1n) is 9.20. The molecule has 2 aromatic rings. The minimum absolute atomic E-state index is 0.0676. The molecular weight excluding hydrogens is 400 g/mol. The van der Waals surface area contributed by atoms with Crippen molar-refractivity contribution in [3.05, 3.63) is 53.1 Å². The number of anilines is 1. The van der Waals surface area contributed by atoms with Crippen molar-refractivity contribution in [2.24, 2.45) is 11.7 Å². The van der Waals surface area contributed by atoms with E-state index in [2.05, 4.69) is 4.72 Å². The monoisotopic (exact) mass is 422 g/mol. The summed E-state index contributed by atoms with van der Waals surface area (Å²) in [5.41, 5.74) is 5.49. The number of ether oxygens (including phenoxy) is 1. The Balaban J connectivity index is 1.68. The Kier molecular flexibility index (Phi) is 6.46. The summed E-state index contributed by atoms with van der Waals surface area (Å²) in [5.74, 6) is 0.536. The van der Waals surface area contributed by atoms with Gasteiger partial charge in [0.05, 0.1) is 22.2 Å². The largest absolute Gasteiger partial charge is 0.493 e. The minimum Gasteiger partial charge on any atom is -0.493 e. The second kappa shape index (κ2) is 8.84. The molecule has 0 saturated heterocycles. The number of rotatable bonds is 7. The van der Waals surface area contributed by atoms with Crippen molar-refractivity contribution >= 4 is 33.2 Å². The zero-order valence-electron chi connectivity index (χ0n) is 15.4. The van der Waals surface area contributed by atoms with Crippen LogP contribution in [0.5, 0.6) is 5.75 Å². The summed E-state index contributed by atoms with van der Waals surface area (Å²) >= 11 is 6.04. The van der Waals surface area contributed by atoms with Crippen LogP contribution in [0.25, 0.3) is 0 Å². The Morgan fingerprint density at radius 1 is 1.11 bits per heavy atom. The number of primary amides is 1. The van der Waals surface area contributed by atoms with E-state index >= 15 is 0 Å². The third kappa shape index (κ3) is 5.17. The topological polar surface area (TPSA) is 98.5 Å². The molecule has 3 N–H and O–H groups in total. The summed E-state index contributed by atoms with van der Waals surface area (Å²) in [6.45, 7) is 0.653. The highest BCUT2D eigenvalue weighted by Gasteiger charge is 2.18. The Labute approximate surface area is 170 Å². The molecule has 8 heteroatoms. The molecule has 150 valence electrons. The van der Waals surface area contributed by atoms with E-state index in [1.807, 2.05) is 0 Å². The van der Waals surface area contributed by atoms with E-state index in [-0.39, 0.29) is 21.2 Å². The van der Waals surface area contributed by atoms with Gasteiger partial charge in [-0.05, 0) is 61.2 Å². The molecule has 1 amide bonds. The molecule has 0 unspecified atom stereocenters. The molecule has 0 atom stereocenters. The van der Waals surface area contributed by atoms with Gasteiger partial charge in [-0.25, -0.2) is 8.42 Å². The summed E-state index contributed by atoms with van der Waals surface area (Å²) in [7, 11) is -3.87. The first-order valence-corrected chi connectivity index (χ1v) is 11.1. The van der Waals surface area contributed by atoms with Gasteiger partial charge in [0.15, 0.2) is 0 Å². The first kappa shape index (κ1) is 20.5. The lowest BCUT2D eigenvalue weighted by atomic mass is 9.90. The zero-order chi connectivity index (χ0) is 20.1. The van der Waals surface area contributed by atoms with Crippen LogP contribution < -0.4 is 15.2 Å². The fraction of sp³-hybridized carbons (Fsp3) is 0.350. The molecule has 6 nitrogen and oxygen atoms in total. The number of amides is 1. The molecule has 2 aromatic carbocycles. The number of sulfonamides is 1. The van der Waals surface area contributed by atoms with E-state index in [1.165, 1.54) is 62.4 Å². The van der Waals surface area contributed by atoms with Gasteiger partial charge in [0, 0.05) is 5.56 Å². The molecule has 1 aliphatic carbocycles. The smallest absolute Gasteiger partial charge is 0.261 e. The van der Waals surface area contributed by atoms with E-state index in [1.54, 1.807) is 12.1 Å². The number of nitrogens with one attached hydrogen (secondary N) is 1. The molecule has 0 heterocycles. The fourth-order valence-electron chi connectivity index (χ4n) is 3.24. The van der Waals surface area contributed by atoms with E-state index in [0.29, 0.717) is 18.3 Å². The van der Waals surface area contributed by atoms with Crippen molar-refractivity contribution in [2.75, 3.05) is 11.3 Å². The van der Waals surface area contributed by atoms with Crippen molar-refractivity contribution in [2.45, 2.75) is 37.0 Å². The quantitative estimate of drug-likeness (QED) is 0.698. The summed E-state index contributed by atoms with van der Waals surface area (Å²) < 4.78 is 33.4. The van der Waals surface area contributed by atoms with Crippen LogP contribution in [0.4, 0.5) is 5.69 Å². The normalized spacial score (nSPS) is 15.2. The molecule has 0 radical (unpaired) electrons. The maximum Gasteiger partial charge on any atom is 0.261 e. The van der Waals surface area contributed by atoms with Crippen molar-refractivity contribution in [3.8, 4) is 5.75 Å². The number of hydrogen-bond donors (Lipinski definition) is 2. The Morgan fingerprint density at radius 2 is 1.79 bits per heavy atom. The van der Waals surface area contributed by atoms with E-state index in [0.717, 1.165) is 0 Å². The minimum atomic E-state index is -3.87. The van der Waals surface area contributed by atoms with E-state index in [9.17, 15) is 13.2 Å². The number of carbonyl (C=O) groups excluding carboxylic acids is 1. The van der Waals surface area contributed by atoms with Crippen LogP contribution in [0, 0.1) is 5.92 Å². The van der Waals surface area contributed by atoms with E-state index in [4.69, 9.17) is 22.1 Å². The maximum atomic E-state index is 12.6. The number of carbonyl (C=O) groups is 1. The molecular formula is C20H23ClN2O4S. The van der Waals surface area contributed by atoms with Gasteiger partial charge in [-0.2, -0.15) is 0 Å². The standard InChI is InChI=1S/C20H23ClN2O4S/c21-18-11-6-15(20(22)24)12-19(18)23-28(25,26)17-9-7-16(8-10-17)27-13-14-4-2-1-3-5-14/h6-12,14,23H,1-5,13H2,(H2,22,24). The number of nitrogens with two attached hydrogens (primary N) is 1. The lowest BCUT2D eigenvalue weighted by molar-refractivity contribution is 0.100. The lowest BCUT2D eigenvalue weighted by Gasteiger charge is -2.21. The van der Waals surface area contributed by atoms with Gasteiger partial charge in [-0.1, -0.05) is 30.9 Å². The van der Waals surface area contributed by atoms with Gasteiger partial charge in [0.25, 0.3) is 10.0 Å². The maximum absolute atomic E-state index is 12.6. The zero-order valence-corrected chi connectivity index (χ0v) is 16.9. The molecule has 0 spiro atoms. The summed E-state index contributed by atoms with van der Waals surface area (Å²) in [5, 5.41) is 0.168. The highest BCUT2D eigenvalue weighted by molar-refractivity contribution is 7.92. The van der Waals surface area contributed by atoms with Crippen LogP contribution in [0.15, 0.2) is 47.4 Å². The van der Waals surface area contributed by atoms with Gasteiger partial charge in [0.2, 0.25) is 5.91 Å². The van der Waals surface area contributed by atoms with Crippen LogP contribution in [-0.2, 0) is 10.0 Å². The van der Waals surface area contributed by atoms with Crippen molar-refractivity contribution in [1.29, 1.82) is 0 Å². The Bertz CT molecular complexity index is 939. The second-order valence-electron chi connectivity index (χ2n) is 6.95. The summed E-state index contributed by atoms with van der Waals surface area (Å²) in [6.07, 6.45) is 6.15. The molecule has 0 aliphatic heterocycles. The van der Waals surface area contributed by atoms with Gasteiger partial charge >= 0.3 is 0 Å². The van der Waals surface area contributed by atoms with Crippen LogP contribution in [-0.4, -0.2) is 20.9 Å². The average molecular weight is 423 g/mol. The van der Waals surface area contributed by atoms with Gasteiger partial charge in [-0.3, -0.25) is 9.52 Å². The third-order valence-electron chi connectivity index (χ3n) is 4.84.